The third-order valence-electron chi connectivity index (χ3n) is 6.80. The number of nitrogens with one attached hydrogen (secondary N) is 1. The zero-order chi connectivity index (χ0) is 25.0. The molecule has 1 aliphatic heterocycles. The first-order chi connectivity index (χ1) is 16.5. The Morgan fingerprint density at radius 1 is 1.09 bits per heavy atom. The SMILES string of the molecule is COCCCn1c(C(C)(C)C)cc2cc(NC(=O)C3(c4ccc5c(c4)OC(F)(F)O5)CC3)ccc21. The molecule has 0 saturated heterocycles. The summed E-state index contributed by atoms with van der Waals surface area (Å²) in [6, 6.07) is 12.7. The summed E-state index contributed by atoms with van der Waals surface area (Å²) in [6.07, 6.45) is -1.49. The number of aromatic nitrogens is 1. The van der Waals surface area contributed by atoms with E-state index in [0.717, 1.165) is 23.9 Å². The predicted octanol–water partition coefficient (Wildman–Crippen LogP) is 5.97. The van der Waals surface area contributed by atoms with Gasteiger partial charge >= 0.3 is 6.29 Å². The fraction of sp³-hybridized carbons (Fsp3) is 0.444. The molecule has 8 heteroatoms. The number of hydrogen-bond acceptors (Lipinski definition) is 4. The third-order valence-corrected chi connectivity index (χ3v) is 6.80. The number of halogens is 2. The molecular weight excluding hydrogens is 454 g/mol. The lowest BCUT2D eigenvalue weighted by Crippen LogP contribution is -2.27. The number of aryl methyl sites for hydroxylation is 1. The second kappa shape index (κ2) is 8.22. The molecule has 2 aliphatic rings. The minimum Gasteiger partial charge on any atom is -0.395 e. The predicted molar refractivity (Wildman–Crippen MR) is 129 cm³/mol. The van der Waals surface area contributed by atoms with Crippen molar-refractivity contribution < 1.29 is 27.8 Å². The molecule has 35 heavy (non-hydrogen) atoms. The van der Waals surface area contributed by atoms with Crippen molar-refractivity contribution in [3.05, 3.63) is 53.7 Å². The van der Waals surface area contributed by atoms with Gasteiger partial charge in [-0.15, -0.1) is 8.78 Å². The second-order valence-electron chi connectivity index (χ2n) is 10.4. The van der Waals surface area contributed by atoms with E-state index in [1.165, 1.54) is 17.8 Å². The summed E-state index contributed by atoms with van der Waals surface area (Å²) in [7, 11) is 1.71. The molecule has 0 unspecified atom stereocenters. The number of alkyl halides is 2. The highest BCUT2D eigenvalue weighted by atomic mass is 19.3. The maximum atomic E-state index is 13.4. The number of fused-ring (bicyclic) bond motifs is 2. The lowest BCUT2D eigenvalue weighted by Gasteiger charge is -2.22. The van der Waals surface area contributed by atoms with Crippen LogP contribution in [0.15, 0.2) is 42.5 Å². The molecule has 1 saturated carbocycles. The molecule has 0 radical (unpaired) electrons. The molecule has 1 aliphatic carbocycles. The van der Waals surface area contributed by atoms with Gasteiger partial charge < -0.3 is 24.1 Å². The summed E-state index contributed by atoms with van der Waals surface area (Å²) < 4.78 is 43.5. The Bertz CT molecular complexity index is 1290. The van der Waals surface area contributed by atoms with Crippen LogP contribution in [0.4, 0.5) is 14.5 Å². The fourth-order valence-corrected chi connectivity index (χ4v) is 4.85. The lowest BCUT2D eigenvalue weighted by molar-refractivity contribution is -0.286. The normalized spacial score (nSPS) is 17.5. The highest BCUT2D eigenvalue weighted by molar-refractivity contribution is 6.02. The average Bonchev–Trinajstić information content (AvgIpc) is 3.42. The summed E-state index contributed by atoms with van der Waals surface area (Å²) >= 11 is 0. The average molecular weight is 485 g/mol. The van der Waals surface area contributed by atoms with Crippen molar-refractivity contribution in [3.63, 3.8) is 0 Å². The Kier molecular flexibility index (Phi) is 5.55. The van der Waals surface area contributed by atoms with Crippen LogP contribution in [0.2, 0.25) is 0 Å². The number of carbonyl (C=O) groups is 1. The van der Waals surface area contributed by atoms with Gasteiger partial charge in [-0.3, -0.25) is 4.79 Å². The maximum absolute atomic E-state index is 13.4. The standard InChI is InChI=1S/C27H30F2N2O4/c1-25(2,3)23-15-17-14-19(7-8-20(17)31(23)12-5-13-33-4)30-24(32)26(10-11-26)18-6-9-21-22(16-18)35-27(28,29)34-21/h6-9,14-16H,5,10-13H2,1-4H3,(H,30,32). The quantitative estimate of drug-likeness (QED) is 0.420. The maximum Gasteiger partial charge on any atom is 0.586 e. The smallest absolute Gasteiger partial charge is 0.395 e. The van der Waals surface area contributed by atoms with Crippen molar-refractivity contribution >= 4 is 22.5 Å². The summed E-state index contributed by atoms with van der Waals surface area (Å²) in [5.41, 5.74) is 2.90. The van der Waals surface area contributed by atoms with Gasteiger partial charge in [0.2, 0.25) is 5.91 Å². The van der Waals surface area contributed by atoms with Gasteiger partial charge in [-0.2, -0.15) is 0 Å². The molecule has 186 valence electrons. The monoisotopic (exact) mass is 484 g/mol. The third kappa shape index (κ3) is 4.35. The minimum atomic E-state index is -3.68. The van der Waals surface area contributed by atoms with Gasteiger partial charge in [-0.25, -0.2) is 0 Å². The van der Waals surface area contributed by atoms with E-state index in [0.29, 0.717) is 30.7 Å². The largest absolute Gasteiger partial charge is 0.586 e. The highest BCUT2D eigenvalue weighted by Gasteiger charge is 2.52. The van der Waals surface area contributed by atoms with E-state index in [4.69, 9.17) is 4.74 Å². The van der Waals surface area contributed by atoms with E-state index in [1.807, 2.05) is 18.2 Å². The van der Waals surface area contributed by atoms with E-state index < -0.39 is 11.7 Å². The van der Waals surface area contributed by atoms with E-state index in [-0.39, 0.29) is 22.8 Å². The van der Waals surface area contributed by atoms with Crippen LogP contribution in [-0.4, -0.2) is 30.5 Å². The minimum absolute atomic E-state index is 0.0231. The van der Waals surface area contributed by atoms with Crippen LogP contribution in [0.25, 0.3) is 10.9 Å². The molecule has 6 nitrogen and oxygen atoms in total. The number of anilines is 1. The fourth-order valence-electron chi connectivity index (χ4n) is 4.85. The van der Waals surface area contributed by atoms with Crippen LogP contribution in [0.3, 0.4) is 0 Å². The molecule has 2 heterocycles. The van der Waals surface area contributed by atoms with Gasteiger partial charge in [0, 0.05) is 48.0 Å². The summed E-state index contributed by atoms with van der Waals surface area (Å²) in [6.45, 7) is 8.11. The lowest BCUT2D eigenvalue weighted by atomic mass is 9.92. The van der Waals surface area contributed by atoms with Crippen LogP contribution in [0, 0.1) is 0 Å². The van der Waals surface area contributed by atoms with Gasteiger partial charge in [0.1, 0.15) is 0 Å². The van der Waals surface area contributed by atoms with Crippen LogP contribution < -0.4 is 14.8 Å². The number of carbonyl (C=O) groups excluding carboxylic acids is 1. The molecule has 2 aromatic carbocycles. The van der Waals surface area contributed by atoms with Crippen LogP contribution in [0.1, 0.15) is 51.3 Å². The Balaban J connectivity index is 1.39. The van der Waals surface area contributed by atoms with Gasteiger partial charge in [0.25, 0.3) is 0 Å². The number of methoxy groups -OCH3 is 1. The number of rotatable bonds is 7. The number of amides is 1. The Morgan fingerprint density at radius 3 is 2.51 bits per heavy atom. The first-order valence-corrected chi connectivity index (χ1v) is 11.9. The molecule has 0 atom stereocenters. The van der Waals surface area contributed by atoms with E-state index in [9.17, 15) is 13.6 Å². The van der Waals surface area contributed by atoms with Crippen LogP contribution in [0.5, 0.6) is 11.5 Å². The molecule has 3 aromatic rings. The van der Waals surface area contributed by atoms with Gasteiger partial charge in [-0.1, -0.05) is 26.8 Å². The van der Waals surface area contributed by atoms with Crippen molar-refractivity contribution in [2.24, 2.45) is 0 Å². The van der Waals surface area contributed by atoms with Crippen LogP contribution >= 0.6 is 0 Å². The van der Waals surface area contributed by atoms with Crippen molar-refractivity contribution in [3.8, 4) is 11.5 Å². The van der Waals surface area contributed by atoms with Crippen molar-refractivity contribution in [1.29, 1.82) is 0 Å². The van der Waals surface area contributed by atoms with E-state index >= 15 is 0 Å². The number of hydrogen-bond donors (Lipinski definition) is 1. The molecule has 1 N–H and O–H groups in total. The number of nitrogens with zero attached hydrogens (tertiary/aromatic N) is 1. The van der Waals surface area contributed by atoms with Gasteiger partial charge in [0.05, 0.1) is 5.41 Å². The van der Waals surface area contributed by atoms with Gasteiger partial charge in [-0.05, 0) is 61.2 Å². The second-order valence-corrected chi connectivity index (χ2v) is 10.4. The van der Waals surface area contributed by atoms with Gasteiger partial charge in [0.15, 0.2) is 11.5 Å². The molecule has 5 rings (SSSR count). The molecule has 0 bridgehead atoms. The van der Waals surface area contributed by atoms with Crippen molar-refractivity contribution in [1.82, 2.24) is 4.57 Å². The van der Waals surface area contributed by atoms with Crippen molar-refractivity contribution in [2.45, 2.75) is 63.7 Å². The topological polar surface area (TPSA) is 61.7 Å². The zero-order valence-electron chi connectivity index (χ0n) is 20.4. The zero-order valence-corrected chi connectivity index (χ0v) is 20.4. The summed E-state index contributed by atoms with van der Waals surface area (Å²) in [5, 5.41) is 4.11. The molecule has 1 amide bonds. The Hall–Kier alpha value is -3.13. The van der Waals surface area contributed by atoms with E-state index in [1.54, 1.807) is 13.2 Å². The Morgan fingerprint density at radius 2 is 1.83 bits per heavy atom. The molecular formula is C27H30F2N2O4. The molecule has 0 spiro atoms. The Labute approximate surface area is 203 Å². The van der Waals surface area contributed by atoms with E-state index in [2.05, 4.69) is 46.2 Å². The highest BCUT2D eigenvalue weighted by Crippen LogP contribution is 2.52. The molecule has 1 fully saturated rings. The number of benzene rings is 2. The summed E-state index contributed by atoms with van der Waals surface area (Å²) in [5.74, 6) is -0.222. The van der Waals surface area contributed by atoms with Crippen molar-refractivity contribution in [2.75, 3.05) is 19.0 Å². The van der Waals surface area contributed by atoms with Crippen LogP contribution in [-0.2, 0) is 26.9 Å². The first kappa shape index (κ1) is 23.6. The first-order valence-electron chi connectivity index (χ1n) is 11.9. The number of ether oxygens (including phenoxy) is 3. The summed E-state index contributed by atoms with van der Waals surface area (Å²) in [4.78, 5) is 13.3. The molecule has 1 aromatic heterocycles.